The van der Waals surface area contributed by atoms with Crippen LogP contribution in [-0.2, 0) is 7.05 Å². The Morgan fingerprint density at radius 3 is 2.62 bits per heavy atom. The first kappa shape index (κ1) is 17.6. The molecule has 29 heavy (non-hydrogen) atoms. The average molecular weight is 386 g/mol. The van der Waals surface area contributed by atoms with E-state index in [0.29, 0.717) is 17.4 Å². The maximum absolute atomic E-state index is 9.88. The van der Waals surface area contributed by atoms with Crippen molar-refractivity contribution in [1.82, 2.24) is 19.3 Å². The fraction of sp³-hybridized carbons (Fsp3) is 0.318. The molecule has 3 aromatic rings. The number of allylic oxidation sites excluding steroid dienone is 1. The summed E-state index contributed by atoms with van der Waals surface area (Å²) in [4.78, 5) is 4.10. The third-order valence-corrected chi connectivity index (χ3v) is 6.00. The number of nitrogens with two attached hydrogens (primary N) is 1. The van der Waals surface area contributed by atoms with E-state index in [1.165, 1.54) is 12.8 Å². The first-order valence-corrected chi connectivity index (χ1v) is 9.90. The standard InChI is InChI=1S/C22H22N6O/c1-27-22-19(20(26-27)15-4-2-3-5-15)18(17(12-23)21(24)29-22)14-6-8-16(9-7-14)28-11-10-25-13-28/h6-11,13,15,18H,2-5,24H2,1H3. The first-order chi connectivity index (χ1) is 14.2. The van der Waals surface area contributed by atoms with Crippen molar-refractivity contribution in [1.29, 1.82) is 5.26 Å². The molecule has 3 heterocycles. The number of aryl methyl sites for hydroxylation is 1. The average Bonchev–Trinajstić information content (AvgIpc) is 3.49. The summed E-state index contributed by atoms with van der Waals surface area (Å²) in [6.07, 6.45) is 10.1. The number of nitrogens with zero attached hydrogens (tertiary/aromatic N) is 5. The van der Waals surface area contributed by atoms with Crippen LogP contribution in [0.15, 0.2) is 54.4 Å². The highest BCUT2D eigenvalue weighted by atomic mass is 16.5. The molecular weight excluding hydrogens is 364 g/mol. The highest BCUT2D eigenvalue weighted by molar-refractivity contribution is 5.57. The molecule has 2 N–H and O–H groups in total. The van der Waals surface area contributed by atoms with Crippen LogP contribution < -0.4 is 10.5 Å². The molecule has 7 nitrogen and oxygen atoms in total. The molecular formula is C22H22N6O. The van der Waals surface area contributed by atoms with Crippen molar-refractivity contribution >= 4 is 0 Å². The van der Waals surface area contributed by atoms with Crippen LogP contribution in [0.25, 0.3) is 5.69 Å². The lowest BCUT2D eigenvalue weighted by molar-refractivity contribution is 0.358. The molecule has 1 saturated carbocycles. The molecule has 0 saturated heterocycles. The van der Waals surface area contributed by atoms with Gasteiger partial charge in [-0.2, -0.15) is 10.4 Å². The number of ether oxygens (including phenoxy) is 1. The minimum absolute atomic E-state index is 0.157. The molecule has 1 unspecified atom stereocenters. The molecule has 1 aliphatic heterocycles. The lowest BCUT2D eigenvalue weighted by atomic mass is 9.81. The lowest BCUT2D eigenvalue weighted by Gasteiger charge is -2.26. The van der Waals surface area contributed by atoms with E-state index < -0.39 is 0 Å². The van der Waals surface area contributed by atoms with E-state index in [9.17, 15) is 5.26 Å². The van der Waals surface area contributed by atoms with Crippen LogP contribution in [0.4, 0.5) is 0 Å². The van der Waals surface area contributed by atoms with E-state index in [-0.39, 0.29) is 11.8 Å². The summed E-state index contributed by atoms with van der Waals surface area (Å²) in [5, 5.41) is 14.7. The molecule has 0 spiro atoms. The molecule has 5 rings (SSSR count). The van der Waals surface area contributed by atoms with Crippen LogP contribution in [0.1, 0.15) is 54.3 Å². The minimum atomic E-state index is -0.273. The van der Waals surface area contributed by atoms with E-state index in [2.05, 4.69) is 11.1 Å². The summed E-state index contributed by atoms with van der Waals surface area (Å²) in [5.41, 5.74) is 10.6. The lowest BCUT2D eigenvalue weighted by Crippen LogP contribution is -2.22. The van der Waals surface area contributed by atoms with Crippen LogP contribution in [-0.4, -0.2) is 19.3 Å². The summed E-state index contributed by atoms with van der Waals surface area (Å²) in [5.74, 6) is 0.933. The molecule has 1 atom stereocenters. The van der Waals surface area contributed by atoms with Crippen molar-refractivity contribution in [2.45, 2.75) is 37.5 Å². The van der Waals surface area contributed by atoms with E-state index in [0.717, 1.165) is 35.3 Å². The Kier molecular flexibility index (Phi) is 4.13. The van der Waals surface area contributed by atoms with Crippen molar-refractivity contribution in [2.24, 2.45) is 12.8 Å². The second kappa shape index (κ2) is 6.82. The van der Waals surface area contributed by atoms with Gasteiger partial charge in [-0.3, -0.25) is 0 Å². The maximum Gasteiger partial charge on any atom is 0.224 e. The van der Waals surface area contributed by atoms with Gasteiger partial charge in [-0.15, -0.1) is 0 Å². The monoisotopic (exact) mass is 386 g/mol. The predicted molar refractivity (Wildman–Crippen MR) is 107 cm³/mol. The molecule has 7 heteroatoms. The number of hydrogen-bond acceptors (Lipinski definition) is 5. The zero-order chi connectivity index (χ0) is 20.0. The molecule has 1 fully saturated rings. The summed E-state index contributed by atoms with van der Waals surface area (Å²) in [6, 6.07) is 10.4. The van der Waals surface area contributed by atoms with Gasteiger partial charge in [0.1, 0.15) is 11.6 Å². The van der Waals surface area contributed by atoms with Crippen LogP contribution in [0.3, 0.4) is 0 Å². The second-order valence-corrected chi connectivity index (χ2v) is 7.70. The van der Waals surface area contributed by atoms with Gasteiger partial charge in [-0.1, -0.05) is 25.0 Å². The van der Waals surface area contributed by atoms with Crippen molar-refractivity contribution in [3.05, 3.63) is 71.3 Å². The number of benzene rings is 1. The highest BCUT2D eigenvalue weighted by Gasteiger charge is 2.38. The Morgan fingerprint density at radius 2 is 1.97 bits per heavy atom. The number of hydrogen-bond donors (Lipinski definition) is 1. The Hall–Kier alpha value is -3.53. The SMILES string of the molecule is Cn1nc(C2CCCC2)c2c1OC(N)=C(C#N)C2c1ccc(-n2ccnc2)cc1. The van der Waals surface area contributed by atoms with Crippen LogP contribution >= 0.6 is 0 Å². The zero-order valence-corrected chi connectivity index (χ0v) is 16.2. The Bertz CT molecular complexity index is 1110. The molecule has 0 amide bonds. The second-order valence-electron chi connectivity index (χ2n) is 7.70. The van der Waals surface area contributed by atoms with Gasteiger partial charge in [-0.25, -0.2) is 9.67 Å². The van der Waals surface area contributed by atoms with Gasteiger partial charge in [0.15, 0.2) is 0 Å². The Morgan fingerprint density at radius 1 is 1.21 bits per heavy atom. The maximum atomic E-state index is 9.88. The van der Waals surface area contributed by atoms with Crippen molar-refractivity contribution in [2.75, 3.05) is 0 Å². The van der Waals surface area contributed by atoms with Gasteiger partial charge in [0.2, 0.25) is 11.8 Å². The molecule has 2 aromatic heterocycles. The smallest absolute Gasteiger partial charge is 0.224 e. The molecule has 1 aliphatic carbocycles. The van der Waals surface area contributed by atoms with Crippen molar-refractivity contribution in [3.63, 3.8) is 0 Å². The summed E-state index contributed by atoms with van der Waals surface area (Å²) in [6.45, 7) is 0. The van der Waals surface area contributed by atoms with Gasteiger partial charge >= 0.3 is 0 Å². The molecule has 1 aromatic carbocycles. The largest absolute Gasteiger partial charge is 0.422 e. The van der Waals surface area contributed by atoms with E-state index in [1.54, 1.807) is 17.2 Å². The number of nitriles is 1. The fourth-order valence-electron chi connectivity index (χ4n) is 4.59. The summed E-state index contributed by atoms with van der Waals surface area (Å²) in [7, 11) is 1.88. The van der Waals surface area contributed by atoms with Gasteiger partial charge in [0, 0.05) is 31.0 Å². The predicted octanol–water partition coefficient (Wildman–Crippen LogP) is 3.48. The van der Waals surface area contributed by atoms with Crippen LogP contribution in [0.2, 0.25) is 0 Å². The topological polar surface area (TPSA) is 94.7 Å². The molecule has 146 valence electrons. The number of fused-ring (bicyclic) bond motifs is 1. The quantitative estimate of drug-likeness (QED) is 0.744. The number of aromatic nitrogens is 4. The molecule has 2 aliphatic rings. The minimum Gasteiger partial charge on any atom is -0.422 e. The van der Waals surface area contributed by atoms with E-state index >= 15 is 0 Å². The van der Waals surface area contributed by atoms with Crippen LogP contribution in [0, 0.1) is 11.3 Å². The van der Waals surface area contributed by atoms with Crippen molar-refractivity contribution in [3.8, 4) is 17.6 Å². The van der Waals surface area contributed by atoms with Gasteiger partial charge < -0.3 is 15.0 Å². The van der Waals surface area contributed by atoms with Gasteiger partial charge in [-0.05, 0) is 30.5 Å². The third-order valence-electron chi connectivity index (χ3n) is 6.00. The molecule has 0 radical (unpaired) electrons. The van der Waals surface area contributed by atoms with E-state index in [1.807, 2.05) is 42.1 Å². The zero-order valence-electron chi connectivity index (χ0n) is 16.2. The Balaban J connectivity index is 1.64. The summed E-state index contributed by atoms with van der Waals surface area (Å²) < 4.78 is 9.57. The van der Waals surface area contributed by atoms with Gasteiger partial charge in [0.05, 0.1) is 23.5 Å². The van der Waals surface area contributed by atoms with Crippen LogP contribution in [0.5, 0.6) is 5.88 Å². The normalized spacial score (nSPS) is 19.1. The Labute approximate surface area is 169 Å². The number of rotatable bonds is 3. The van der Waals surface area contributed by atoms with E-state index in [4.69, 9.17) is 15.6 Å². The first-order valence-electron chi connectivity index (χ1n) is 9.90. The third kappa shape index (κ3) is 2.80. The fourth-order valence-corrected chi connectivity index (χ4v) is 4.59. The number of imidazole rings is 1. The highest BCUT2D eigenvalue weighted by Crippen LogP contribution is 2.48. The summed E-state index contributed by atoms with van der Waals surface area (Å²) >= 11 is 0. The van der Waals surface area contributed by atoms with Gasteiger partial charge in [0.25, 0.3) is 0 Å². The van der Waals surface area contributed by atoms with Crippen molar-refractivity contribution < 1.29 is 4.74 Å². The molecule has 0 bridgehead atoms.